The van der Waals surface area contributed by atoms with Gasteiger partial charge in [-0.05, 0) is 18.6 Å². The molecule has 1 unspecified atom stereocenters. The maximum Gasteiger partial charge on any atom is 0.289 e. The first-order chi connectivity index (χ1) is 10.8. The van der Waals surface area contributed by atoms with Crippen molar-refractivity contribution >= 4 is 22.0 Å². The number of carbonyl (C=O) groups is 1. The standard InChI is InChI=1S/C15H14N2O5S/c1-15(11-18,12-7-3-2-4-8-12)16-23(21,22)14-10-6-5-9-13(14)17(19)20/h2-11,16H,1H3. The van der Waals surface area contributed by atoms with Crippen LogP contribution >= 0.6 is 0 Å². The van der Waals surface area contributed by atoms with Crippen molar-refractivity contribution in [2.45, 2.75) is 17.4 Å². The lowest BCUT2D eigenvalue weighted by atomic mass is 9.95. The van der Waals surface area contributed by atoms with Crippen LogP contribution in [-0.2, 0) is 20.4 Å². The predicted molar refractivity (Wildman–Crippen MR) is 83.3 cm³/mol. The smallest absolute Gasteiger partial charge is 0.289 e. The van der Waals surface area contributed by atoms with Crippen molar-refractivity contribution in [1.82, 2.24) is 4.72 Å². The Balaban J connectivity index is 2.49. The maximum atomic E-state index is 12.5. The Hall–Kier alpha value is -2.58. The van der Waals surface area contributed by atoms with E-state index >= 15 is 0 Å². The second-order valence-corrected chi connectivity index (χ2v) is 6.67. The van der Waals surface area contributed by atoms with E-state index in [1.807, 2.05) is 0 Å². The largest absolute Gasteiger partial charge is 0.301 e. The van der Waals surface area contributed by atoms with E-state index in [9.17, 15) is 23.3 Å². The Kier molecular flexibility index (Phi) is 4.57. The molecule has 2 rings (SSSR count). The normalized spacial score (nSPS) is 14.0. The first kappa shape index (κ1) is 16.8. The van der Waals surface area contributed by atoms with Crippen molar-refractivity contribution < 1.29 is 18.1 Å². The molecule has 0 fully saturated rings. The fraction of sp³-hybridized carbons (Fsp3) is 0.133. The molecule has 0 amide bonds. The van der Waals surface area contributed by atoms with Gasteiger partial charge in [-0.3, -0.25) is 10.1 Å². The van der Waals surface area contributed by atoms with Crippen molar-refractivity contribution in [3.8, 4) is 0 Å². The summed E-state index contributed by atoms with van der Waals surface area (Å²) in [6.07, 6.45) is 0.453. The summed E-state index contributed by atoms with van der Waals surface area (Å²) in [6.45, 7) is 1.39. The summed E-state index contributed by atoms with van der Waals surface area (Å²) in [6, 6.07) is 13.2. The van der Waals surface area contributed by atoms with Crippen LogP contribution in [-0.4, -0.2) is 19.6 Å². The molecule has 0 aliphatic rings. The van der Waals surface area contributed by atoms with Gasteiger partial charge in [0.1, 0.15) is 11.8 Å². The number of nitrogens with zero attached hydrogens (tertiary/aromatic N) is 1. The van der Waals surface area contributed by atoms with E-state index in [0.717, 1.165) is 12.1 Å². The minimum atomic E-state index is -4.28. The van der Waals surface area contributed by atoms with Crippen LogP contribution in [0.25, 0.3) is 0 Å². The number of hydrogen-bond donors (Lipinski definition) is 1. The molecule has 8 heteroatoms. The fourth-order valence-corrected chi connectivity index (χ4v) is 3.61. The number of aldehydes is 1. The minimum absolute atomic E-state index is 0.428. The molecule has 1 atom stereocenters. The molecule has 0 radical (unpaired) electrons. The number of nitrogens with one attached hydrogen (secondary N) is 1. The molecule has 7 nitrogen and oxygen atoms in total. The third-order valence-corrected chi connectivity index (χ3v) is 4.92. The Labute approximate surface area is 133 Å². The van der Waals surface area contributed by atoms with Crippen LogP contribution in [0.4, 0.5) is 5.69 Å². The summed E-state index contributed by atoms with van der Waals surface area (Å²) in [4.78, 5) is 21.2. The Morgan fingerprint density at radius 1 is 1.09 bits per heavy atom. The van der Waals surface area contributed by atoms with Crippen LogP contribution < -0.4 is 4.72 Å². The number of rotatable bonds is 6. The van der Waals surface area contributed by atoms with Gasteiger partial charge in [0.25, 0.3) is 5.69 Å². The SMILES string of the molecule is CC(C=O)(NS(=O)(=O)c1ccccc1[N+](=O)[O-])c1ccccc1. The Morgan fingerprint density at radius 3 is 2.22 bits per heavy atom. The molecular formula is C15H14N2O5S. The second-order valence-electron chi connectivity index (χ2n) is 5.02. The molecule has 0 heterocycles. The Bertz CT molecular complexity index is 836. The van der Waals surface area contributed by atoms with Gasteiger partial charge in [0.2, 0.25) is 10.0 Å². The van der Waals surface area contributed by atoms with Crippen LogP contribution in [0.3, 0.4) is 0 Å². The second kappa shape index (κ2) is 6.27. The van der Waals surface area contributed by atoms with E-state index in [-0.39, 0.29) is 0 Å². The van der Waals surface area contributed by atoms with Gasteiger partial charge in [-0.2, -0.15) is 4.72 Å². The lowest BCUT2D eigenvalue weighted by Gasteiger charge is -2.24. The van der Waals surface area contributed by atoms with Gasteiger partial charge >= 0.3 is 0 Å². The molecule has 0 saturated heterocycles. The molecule has 1 N–H and O–H groups in total. The van der Waals surface area contributed by atoms with Crippen molar-refractivity contribution in [2.24, 2.45) is 0 Å². The van der Waals surface area contributed by atoms with Gasteiger partial charge in [-0.1, -0.05) is 42.5 Å². The third-order valence-electron chi connectivity index (χ3n) is 3.31. The van der Waals surface area contributed by atoms with Crippen LogP contribution in [0, 0.1) is 10.1 Å². The summed E-state index contributed by atoms with van der Waals surface area (Å²) in [5.74, 6) is 0. The summed E-state index contributed by atoms with van der Waals surface area (Å²) < 4.78 is 27.3. The average molecular weight is 334 g/mol. The van der Waals surface area contributed by atoms with Crippen LogP contribution in [0.1, 0.15) is 12.5 Å². The number of benzene rings is 2. The molecule has 0 aliphatic carbocycles. The summed E-state index contributed by atoms with van der Waals surface area (Å²) in [5.41, 5.74) is -1.66. The zero-order chi connectivity index (χ0) is 17.1. The fourth-order valence-electron chi connectivity index (χ4n) is 2.10. The number of sulfonamides is 1. The predicted octanol–water partition coefficient (Wildman–Crippen LogP) is 1.99. The van der Waals surface area contributed by atoms with Gasteiger partial charge < -0.3 is 4.79 Å². The monoisotopic (exact) mass is 334 g/mol. The molecule has 0 bridgehead atoms. The highest BCUT2D eigenvalue weighted by molar-refractivity contribution is 7.89. The molecule has 2 aromatic carbocycles. The number of nitro groups is 1. The zero-order valence-electron chi connectivity index (χ0n) is 12.2. The molecule has 120 valence electrons. The van der Waals surface area contributed by atoms with Gasteiger partial charge in [0.05, 0.1) is 4.92 Å². The van der Waals surface area contributed by atoms with Crippen molar-refractivity contribution in [1.29, 1.82) is 0 Å². The maximum absolute atomic E-state index is 12.5. The van der Waals surface area contributed by atoms with E-state index in [1.165, 1.54) is 19.1 Å². The summed E-state index contributed by atoms with van der Waals surface area (Å²) in [7, 11) is -4.28. The van der Waals surface area contributed by atoms with Crippen molar-refractivity contribution in [2.75, 3.05) is 0 Å². The molecule has 23 heavy (non-hydrogen) atoms. The van der Waals surface area contributed by atoms with Crippen molar-refractivity contribution in [3.63, 3.8) is 0 Å². The number of nitro benzene ring substituents is 1. The molecule has 2 aromatic rings. The van der Waals surface area contributed by atoms with E-state index in [4.69, 9.17) is 0 Å². The first-order valence-corrected chi connectivity index (χ1v) is 8.08. The molecular weight excluding hydrogens is 320 g/mol. The van der Waals surface area contributed by atoms with E-state index < -0.39 is 31.1 Å². The highest BCUT2D eigenvalue weighted by Crippen LogP contribution is 2.26. The van der Waals surface area contributed by atoms with Gasteiger partial charge in [-0.25, -0.2) is 8.42 Å². The van der Waals surface area contributed by atoms with E-state index in [1.54, 1.807) is 30.3 Å². The zero-order valence-corrected chi connectivity index (χ0v) is 13.0. The highest BCUT2D eigenvalue weighted by Gasteiger charge is 2.35. The van der Waals surface area contributed by atoms with E-state index in [0.29, 0.717) is 11.8 Å². The van der Waals surface area contributed by atoms with Gasteiger partial charge in [0, 0.05) is 6.07 Å². The lowest BCUT2D eigenvalue weighted by molar-refractivity contribution is -0.387. The molecule has 0 aromatic heterocycles. The van der Waals surface area contributed by atoms with Crippen LogP contribution in [0.5, 0.6) is 0 Å². The number of carbonyl (C=O) groups excluding carboxylic acids is 1. The number of hydrogen-bond acceptors (Lipinski definition) is 5. The third kappa shape index (κ3) is 3.43. The first-order valence-electron chi connectivity index (χ1n) is 6.59. The summed E-state index contributed by atoms with van der Waals surface area (Å²) >= 11 is 0. The van der Waals surface area contributed by atoms with E-state index in [2.05, 4.69) is 4.72 Å². The average Bonchev–Trinajstić information content (AvgIpc) is 2.55. The lowest BCUT2D eigenvalue weighted by Crippen LogP contribution is -2.44. The number of para-hydroxylation sites is 1. The van der Waals surface area contributed by atoms with Gasteiger partial charge in [0.15, 0.2) is 4.90 Å². The van der Waals surface area contributed by atoms with Crippen LogP contribution in [0.15, 0.2) is 59.5 Å². The molecule has 0 aliphatic heterocycles. The quantitative estimate of drug-likeness (QED) is 0.494. The topological polar surface area (TPSA) is 106 Å². The highest BCUT2D eigenvalue weighted by atomic mass is 32.2. The minimum Gasteiger partial charge on any atom is -0.301 e. The van der Waals surface area contributed by atoms with Crippen LogP contribution in [0.2, 0.25) is 0 Å². The molecule has 0 saturated carbocycles. The molecule has 0 spiro atoms. The Morgan fingerprint density at radius 2 is 1.65 bits per heavy atom. The summed E-state index contributed by atoms with van der Waals surface area (Å²) in [5, 5.41) is 11.0. The van der Waals surface area contributed by atoms with Gasteiger partial charge in [-0.15, -0.1) is 0 Å². The van der Waals surface area contributed by atoms with Crippen molar-refractivity contribution in [3.05, 3.63) is 70.3 Å².